The van der Waals surface area contributed by atoms with Crippen molar-refractivity contribution in [3.8, 4) is 0 Å². The summed E-state index contributed by atoms with van der Waals surface area (Å²) < 4.78 is 5.20. The molecular formula is C12H23ClN2O2. The normalized spacial score (nSPS) is 18.5. The lowest BCUT2D eigenvalue weighted by atomic mass is 10.2. The molecule has 1 unspecified atom stereocenters. The molecule has 0 aromatic rings. The van der Waals surface area contributed by atoms with Crippen LogP contribution in [0.3, 0.4) is 0 Å². The van der Waals surface area contributed by atoms with Crippen molar-refractivity contribution in [2.45, 2.75) is 31.7 Å². The van der Waals surface area contributed by atoms with Crippen LogP contribution in [0.2, 0.25) is 0 Å². The van der Waals surface area contributed by atoms with Gasteiger partial charge < -0.3 is 15.4 Å². The van der Waals surface area contributed by atoms with Gasteiger partial charge in [0.2, 0.25) is 5.91 Å². The Labute approximate surface area is 110 Å². The fourth-order valence-electron chi connectivity index (χ4n) is 1.76. The number of carbonyl (C=O) groups is 1. The molecule has 0 aromatic heterocycles. The molecule has 100 valence electrons. The van der Waals surface area contributed by atoms with Crippen LogP contribution in [0.15, 0.2) is 12.7 Å². The Morgan fingerprint density at radius 1 is 1.59 bits per heavy atom. The van der Waals surface area contributed by atoms with Gasteiger partial charge >= 0.3 is 0 Å². The van der Waals surface area contributed by atoms with Gasteiger partial charge in [-0.15, -0.1) is 19.0 Å². The van der Waals surface area contributed by atoms with Gasteiger partial charge in [0.05, 0.1) is 6.61 Å². The summed E-state index contributed by atoms with van der Waals surface area (Å²) in [7, 11) is 0. The third kappa shape index (κ3) is 8.18. The van der Waals surface area contributed by atoms with Gasteiger partial charge in [0.1, 0.15) is 0 Å². The zero-order valence-corrected chi connectivity index (χ0v) is 11.1. The van der Waals surface area contributed by atoms with Gasteiger partial charge in [-0.05, 0) is 25.8 Å². The molecule has 0 aliphatic carbocycles. The van der Waals surface area contributed by atoms with Crippen LogP contribution in [0.25, 0.3) is 0 Å². The Morgan fingerprint density at radius 2 is 2.41 bits per heavy atom. The van der Waals surface area contributed by atoms with Gasteiger partial charge in [-0.3, -0.25) is 4.79 Å². The molecule has 5 heteroatoms. The summed E-state index contributed by atoms with van der Waals surface area (Å²) in [4.78, 5) is 11.4. The summed E-state index contributed by atoms with van der Waals surface area (Å²) in [6.45, 7) is 6.58. The van der Waals surface area contributed by atoms with Crippen molar-refractivity contribution in [1.29, 1.82) is 0 Å². The molecule has 0 spiro atoms. The largest absolute Gasteiger partial charge is 0.377 e. The first-order chi connectivity index (χ1) is 7.83. The van der Waals surface area contributed by atoms with Crippen LogP contribution < -0.4 is 10.6 Å². The second-order valence-corrected chi connectivity index (χ2v) is 4.06. The molecule has 1 aliphatic heterocycles. The maximum absolute atomic E-state index is 11.4. The highest BCUT2D eigenvalue weighted by molar-refractivity contribution is 5.85. The first-order valence-electron chi connectivity index (χ1n) is 6.01. The van der Waals surface area contributed by atoms with E-state index in [4.69, 9.17) is 4.74 Å². The number of nitrogens with one attached hydrogen (secondary N) is 2. The number of ether oxygens (including phenoxy) is 1. The van der Waals surface area contributed by atoms with Crippen LogP contribution in [-0.2, 0) is 9.53 Å². The van der Waals surface area contributed by atoms with E-state index in [1.54, 1.807) is 6.08 Å². The predicted octanol–water partition coefficient (Wildman–Crippen LogP) is 1.26. The number of carbonyl (C=O) groups excluding carboxylic acids is 1. The minimum absolute atomic E-state index is 0. The average Bonchev–Trinajstić information content (AvgIpc) is 2.79. The number of rotatable bonds is 8. The fourth-order valence-corrected chi connectivity index (χ4v) is 1.76. The Hall–Kier alpha value is -0.580. The van der Waals surface area contributed by atoms with Crippen LogP contribution in [0.1, 0.15) is 25.7 Å². The average molecular weight is 263 g/mol. The zero-order chi connectivity index (χ0) is 11.6. The van der Waals surface area contributed by atoms with Gasteiger partial charge in [0.25, 0.3) is 0 Å². The van der Waals surface area contributed by atoms with Crippen LogP contribution in [0.5, 0.6) is 0 Å². The van der Waals surface area contributed by atoms with E-state index in [-0.39, 0.29) is 18.3 Å². The van der Waals surface area contributed by atoms with Gasteiger partial charge in [-0.25, -0.2) is 0 Å². The summed E-state index contributed by atoms with van der Waals surface area (Å²) in [5.74, 6) is 0.121. The van der Waals surface area contributed by atoms with E-state index in [2.05, 4.69) is 17.2 Å². The summed E-state index contributed by atoms with van der Waals surface area (Å²) in [6, 6.07) is 0.473. The van der Waals surface area contributed by atoms with E-state index >= 15 is 0 Å². The molecule has 0 aromatic carbocycles. The first-order valence-corrected chi connectivity index (χ1v) is 6.01. The SMILES string of the molecule is C=CCOCCCC(=O)NCC1CCCN1.Cl. The number of hydrogen-bond acceptors (Lipinski definition) is 3. The van der Waals surface area contributed by atoms with Crippen LogP contribution in [0, 0.1) is 0 Å². The number of hydrogen-bond donors (Lipinski definition) is 2. The van der Waals surface area contributed by atoms with Gasteiger partial charge in [0, 0.05) is 25.6 Å². The van der Waals surface area contributed by atoms with E-state index in [9.17, 15) is 4.79 Å². The van der Waals surface area contributed by atoms with Crippen molar-refractivity contribution in [1.82, 2.24) is 10.6 Å². The highest BCUT2D eigenvalue weighted by Crippen LogP contribution is 2.03. The highest BCUT2D eigenvalue weighted by atomic mass is 35.5. The molecule has 17 heavy (non-hydrogen) atoms. The fraction of sp³-hybridized carbons (Fsp3) is 0.750. The third-order valence-electron chi connectivity index (χ3n) is 2.64. The number of halogens is 1. The van der Waals surface area contributed by atoms with E-state index in [0.717, 1.165) is 19.5 Å². The molecule has 0 bridgehead atoms. The highest BCUT2D eigenvalue weighted by Gasteiger charge is 2.14. The second kappa shape index (κ2) is 10.6. The van der Waals surface area contributed by atoms with Crippen molar-refractivity contribution < 1.29 is 9.53 Å². The first kappa shape index (κ1) is 16.4. The smallest absolute Gasteiger partial charge is 0.220 e. The maximum Gasteiger partial charge on any atom is 0.220 e. The molecule has 1 heterocycles. The topological polar surface area (TPSA) is 50.4 Å². The Bertz CT molecular complexity index is 219. The summed E-state index contributed by atoms with van der Waals surface area (Å²) in [5, 5.41) is 6.28. The third-order valence-corrected chi connectivity index (χ3v) is 2.64. The van der Waals surface area contributed by atoms with Crippen molar-refractivity contribution in [2.75, 3.05) is 26.3 Å². The molecule has 2 N–H and O–H groups in total. The molecular weight excluding hydrogens is 240 g/mol. The summed E-state index contributed by atoms with van der Waals surface area (Å²) in [6.07, 6.45) is 5.42. The van der Waals surface area contributed by atoms with Crippen molar-refractivity contribution >= 4 is 18.3 Å². The summed E-state index contributed by atoms with van der Waals surface area (Å²) in [5.41, 5.74) is 0. The molecule has 1 rings (SSSR count). The van der Waals surface area contributed by atoms with Crippen LogP contribution >= 0.6 is 12.4 Å². The van der Waals surface area contributed by atoms with Crippen LogP contribution in [-0.4, -0.2) is 38.3 Å². The molecule has 0 radical (unpaired) electrons. The van der Waals surface area contributed by atoms with E-state index in [1.165, 1.54) is 12.8 Å². The molecule has 4 nitrogen and oxygen atoms in total. The molecule has 1 atom stereocenters. The molecule has 0 saturated carbocycles. The lowest BCUT2D eigenvalue weighted by Gasteiger charge is -2.11. The maximum atomic E-state index is 11.4. The van der Waals surface area contributed by atoms with E-state index in [1.807, 2.05) is 0 Å². The zero-order valence-electron chi connectivity index (χ0n) is 10.2. The Kier molecular flexibility index (Phi) is 10.2. The Morgan fingerprint density at radius 3 is 3.06 bits per heavy atom. The van der Waals surface area contributed by atoms with E-state index < -0.39 is 0 Å². The quantitative estimate of drug-likeness (QED) is 0.512. The molecule has 1 amide bonds. The van der Waals surface area contributed by atoms with Crippen molar-refractivity contribution in [3.05, 3.63) is 12.7 Å². The molecule has 1 saturated heterocycles. The van der Waals surface area contributed by atoms with Crippen molar-refractivity contribution in [3.63, 3.8) is 0 Å². The predicted molar refractivity (Wildman–Crippen MR) is 71.5 cm³/mol. The van der Waals surface area contributed by atoms with Gasteiger partial charge in [0.15, 0.2) is 0 Å². The standard InChI is InChI=1S/C12H22N2O2.ClH/c1-2-8-16-9-4-6-12(15)14-10-11-5-3-7-13-11;/h2,11,13H,1,3-10H2,(H,14,15);1H. The summed E-state index contributed by atoms with van der Waals surface area (Å²) >= 11 is 0. The van der Waals surface area contributed by atoms with Crippen LogP contribution in [0.4, 0.5) is 0 Å². The molecule has 1 aliphatic rings. The molecule has 1 fully saturated rings. The lowest BCUT2D eigenvalue weighted by molar-refractivity contribution is -0.121. The number of amides is 1. The van der Waals surface area contributed by atoms with Gasteiger partial charge in [-0.2, -0.15) is 0 Å². The van der Waals surface area contributed by atoms with E-state index in [0.29, 0.717) is 25.7 Å². The second-order valence-electron chi connectivity index (χ2n) is 4.06. The minimum atomic E-state index is 0. The van der Waals surface area contributed by atoms with Crippen molar-refractivity contribution in [2.24, 2.45) is 0 Å². The monoisotopic (exact) mass is 262 g/mol. The van der Waals surface area contributed by atoms with Gasteiger partial charge in [-0.1, -0.05) is 6.08 Å². The minimum Gasteiger partial charge on any atom is -0.377 e. The lowest BCUT2D eigenvalue weighted by Crippen LogP contribution is -2.37. The Balaban J connectivity index is 0.00000256.